The van der Waals surface area contributed by atoms with E-state index >= 15 is 0 Å². The highest BCUT2D eigenvalue weighted by atomic mass is 35.5. The largest absolute Gasteiger partial charge is 0.325 e. The molecule has 0 fully saturated rings. The number of aryl methyl sites for hydroxylation is 1. The van der Waals surface area contributed by atoms with Crippen LogP contribution in [0.5, 0.6) is 0 Å². The van der Waals surface area contributed by atoms with Crippen molar-refractivity contribution in [3.63, 3.8) is 0 Å². The number of nitrogens with one attached hydrogen (secondary N) is 1. The lowest BCUT2D eigenvalue weighted by Gasteiger charge is -2.22. The van der Waals surface area contributed by atoms with Crippen LogP contribution < -0.4 is 5.32 Å². The SMILES string of the molecule is Cc1cccc(CN(CC(=O)Nc2cccc([N+](=O)[O-])c2)S(=O)(=O)c2ccc(Cl)cc2)c1. The van der Waals surface area contributed by atoms with E-state index in [-0.39, 0.29) is 22.8 Å². The number of amides is 1. The van der Waals surface area contributed by atoms with Crippen molar-refractivity contribution in [2.45, 2.75) is 18.4 Å². The van der Waals surface area contributed by atoms with E-state index in [0.29, 0.717) is 10.6 Å². The summed E-state index contributed by atoms with van der Waals surface area (Å²) in [5.41, 5.74) is 1.68. The molecule has 3 aromatic carbocycles. The number of sulfonamides is 1. The maximum atomic E-state index is 13.3. The number of nitro benzene ring substituents is 1. The Hall–Kier alpha value is -3.27. The van der Waals surface area contributed by atoms with Crippen LogP contribution in [0.25, 0.3) is 0 Å². The smallest absolute Gasteiger partial charge is 0.271 e. The zero-order valence-electron chi connectivity index (χ0n) is 17.1. The van der Waals surface area contributed by atoms with Crippen LogP contribution in [0.15, 0.2) is 77.7 Å². The van der Waals surface area contributed by atoms with Crippen molar-refractivity contribution < 1.29 is 18.1 Å². The van der Waals surface area contributed by atoms with Gasteiger partial charge in [-0.25, -0.2) is 8.42 Å². The van der Waals surface area contributed by atoms with E-state index in [1.54, 1.807) is 12.1 Å². The fraction of sp³-hybridized carbons (Fsp3) is 0.136. The third-order valence-corrected chi connectivity index (χ3v) is 6.61. The summed E-state index contributed by atoms with van der Waals surface area (Å²) in [6.07, 6.45) is 0. The minimum atomic E-state index is -4.03. The fourth-order valence-electron chi connectivity index (χ4n) is 3.05. The van der Waals surface area contributed by atoms with Gasteiger partial charge in [0.05, 0.1) is 16.4 Å². The van der Waals surface area contributed by atoms with Gasteiger partial charge in [0.15, 0.2) is 0 Å². The van der Waals surface area contributed by atoms with E-state index in [1.165, 1.54) is 48.5 Å². The molecule has 32 heavy (non-hydrogen) atoms. The number of benzene rings is 3. The van der Waals surface area contributed by atoms with Crippen LogP contribution >= 0.6 is 11.6 Å². The molecule has 0 atom stereocenters. The van der Waals surface area contributed by atoms with Gasteiger partial charge in [-0.1, -0.05) is 47.5 Å². The molecule has 3 aromatic rings. The van der Waals surface area contributed by atoms with Gasteiger partial charge in [-0.15, -0.1) is 0 Å². The number of nitrogens with zero attached hydrogens (tertiary/aromatic N) is 2. The topological polar surface area (TPSA) is 110 Å². The maximum absolute atomic E-state index is 13.3. The molecule has 0 aliphatic carbocycles. The molecule has 1 amide bonds. The molecular formula is C22H20ClN3O5S. The minimum Gasteiger partial charge on any atom is -0.325 e. The zero-order chi connectivity index (χ0) is 23.3. The highest BCUT2D eigenvalue weighted by molar-refractivity contribution is 7.89. The van der Waals surface area contributed by atoms with E-state index in [1.807, 2.05) is 19.1 Å². The molecule has 10 heteroatoms. The molecule has 0 spiro atoms. The van der Waals surface area contributed by atoms with Crippen molar-refractivity contribution in [3.05, 3.63) is 99.1 Å². The summed E-state index contributed by atoms with van der Waals surface area (Å²) in [5.74, 6) is -0.629. The molecule has 0 aliphatic heterocycles. The molecule has 8 nitrogen and oxygen atoms in total. The number of nitro groups is 1. The van der Waals surface area contributed by atoms with Gasteiger partial charge in [-0.3, -0.25) is 14.9 Å². The molecule has 1 N–H and O–H groups in total. The van der Waals surface area contributed by atoms with E-state index in [2.05, 4.69) is 5.32 Å². The minimum absolute atomic E-state index is 0.00213. The van der Waals surface area contributed by atoms with Gasteiger partial charge < -0.3 is 5.32 Å². The van der Waals surface area contributed by atoms with Crippen molar-refractivity contribution in [2.75, 3.05) is 11.9 Å². The number of non-ortho nitro benzene ring substituents is 1. The first kappa shape index (κ1) is 23.4. The number of anilines is 1. The predicted octanol–water partition coefficient (Wildman–Crippen LogP) is 4.39. The van der Waals surface area contributed by atoms with Crippen LogP contribution in [0.1, 0.15) is 11.1 Å². The van der Waals surface area contributed by atoms with E-state index in [9.17, 15) is 23.3 Å². The molecule has 0 radical (unpaired) electrons. The molecule has 3 rings (SSSR count). The molecule has 0 saturated carbocycles. The lowest BCUT2D eigenvalue weighted by molar-refractivity contribution is -0.384. The lowest BCUT2D eigenvalue weighted by atomic mass is 10.1. The number of halogens is 1. The Labute approximate surface area is 190 Å². The Morgan fingerprint density at radius 3 is 2.41 bits per heavy atom. The average Bonchev–Trinajstić information content (AvgIpc) is 2.74. The van der Waals surface area contributed by atoms with Crippen molar-refractivity contribution in [3.8, 4) is 0 Å². The average molecular weight is 474 g/mol. The summed E-state index contributed by atoms with van der Waals surface area (Å²) >= 11 is 5.88. The third-order valence-electron chi connectivity index (χ3n) is 4.55. The number of hydrogen-bond donors (Lipinski definition) is 1. The summed E-state index contributed by atoms with van der Waals surface area (Å²) in [4.78, 5) is 23.1. The third kappa shape index (κ3) is 5.91. The first-order chi connectivity index (χ1) is 15.1. The van der Waals surface area contributed by atoms with Gasteiger partial charge in [0.1, 0.15) is 0 Å². The van der Waals surface area contributed by atoms with E-state index < -0.39 is 27.4 Å². The Morgan fingerprint density at radius 1 is 1.06 bits per heavy atom. The molecule has 166 valence electrons. The summed E-state index contributed by atoms with van der Waals surface area (Å²) in [5, 5.41) is 13.9. The molecular weight excluding hydrogens is 454 g/mol. The van der Waals surface area contributed by atoms with Crippen molar-refractivity contribution >= 4 is 38.9 Å². The molecule has 0 aromatic heterocycles. The van der Waals surface area contributed by atoms with Gasteiger partial charge in [0.25, 0.3) is 5.69 Å². The Bertz CT molecular complexity index is 1250. The van der Waals surface area contributed by atoms with E-state index in [0.717, 1.165) is 9.87 Å². The molecule has 0 aliphatic rings. The van der Waals surface area contributed by atoms with Gasteiger partial charge >= 0.3 is 0 Å². The summed E-state index contributed by atoms with van der Waals surface area (Å²) in [6, 6.07) is 18.4. The van der Waals surface area contributed by atoms with E-state index in [4.69, 9.17) is 11.6 Å². The lowest BCUT2D eigenvalue weighted by Crippen LogP contribution is -2.37. The Morgan fingerprint density at radius 2 is 1.75 bits per heavy atom. The monoisotopic (exact) mass is 473 g/mol. The summed E-state index contributed by atoms with van der Waals surface area (Å²) in [7, 11) is -4.03. The molecule has 0 unspecified atom stereocenters. The highest BCUT2D eigenvalue weighted by Gasteiger charge is 2.27. The molecule has 0 heterocycles. The Kier molecular flexibility index (Phi) is 7.24. The van der Waals surface area contributed by atoms with Crippen LogP contribution in [0.2, 0.25) is 5.02 Å². The zero-order valence-corrected chi connectivity index (χ0v) is 18.6. The molecule has 0 bridgehead atoms. The van der Waals surface area contributed by atoms with Crippen LogP contribution in [-0.4, -0.2) is 30.1 Å². The quantitative estimate of drug-likeness (QED) is 0.385. The first-order valence-corrected chi connectivity index (χ1v) is 11.3. The van der Waals surface area contributed by atoms with Crippen molar-refractivity contribution in [1.82, 2.24) is 4.31 Å². The molecule has 0 saturated heterocycles. The summed E-state index contributed by atoms with van der Waals surface area (Å²) < 4.78 is 27.6. The summed E-state index contributed by atoms with van der Waals surface area (Å²) in [6.45, 7) is 1.37. The number of rotatable bonds is 8. The van der Waals surface area contributed by atoms with Gasteiger partial charge in [-0.2, -0.15) is 4.31 Å². The second-order valence-electron chi connectivity index (χ2n) is 7.07. The number of carbonyl (C=O) groups excluding carboxylic acids is 1. The maximum Gasteiger partial charge on any atom is 0.271 e. The Balaban J connectivity index is 1.88. The van der Waals surface area contributed by atoms with Crippen LogP contribution in [0.3, 0.4) is 0 Å². The van der Waals surface area contributed by atoms with Crippen molar-refractivity contribution in [1.29, 1.82) is 0 Å². The highest BCUT2D eigenvalue weighted by Crippen LogP contribution is 2.22. The van der Waals surface area contributed by atoms with Gasteiger partial charge in [-0.05, 0) is 42.8 Å². The van der Waals surface area contributed by atoms with Gasteiger partial charge in [0, 0.05) is 29.4 Å². The van der Waals surface area contributed by atoms with Crippen LogP contribution in [0, 0.1) is 17.0 Å². The predicted molar refractivity (Wildman–Crippen MR) is 122 cm³/mol. The van der Waals surface area contributed by atoms with Crippen LogP contribution in [-0.2, 0) is 21.4 Å². The fourth-order valence-corrected chi connectivity index (χ4v) is 4.56. The second-order valence-corrected chi connectivity index (χ2v) is 9.45. The van der Waals surface area contributed by atoms with Gasteiger partial charge in [0.2, 0.25) is 15.9 Å². The normalized spacial score (nSPS) is 11.3. The number of carbonyl (C=O) groups is 1. The standard InChI is InChI=1S/C22H20ClN3O5S/c1-16-4-2-5-17(12-16)14-25(32(30,31)21-10-8-18(23)9-11-21)15-22(27)24-19-6-3-7-20(13-19)26(28)29/h2-13H,14-15H2,1H3,(H,24,27). The first-order valence-electron chi connectivity index (χ1n) is 9.51. The number of hydrogen-bond acceptors (Lipinski definition) is 5. The van der Waals surface area contributed by atoms with Crippen LogP contribution in [0.4, 0.5) is 11.4 Å². The second kappa shape index (κ2) is 9.90. The van der Waals surface area contributed by atoms with Crippen molar-refractivity contribution in [2.24, 2.45) is 0 Å².